The molecule has 7 heteroatoms. The minimum absolute atomic E-state index is 0.0956. The summed E-state index contributed by atoms with van der Waals surface area (Å²) in [6.07, 6.45) is 1.11. The molecule has 2 aliphatic rings. The van der Waals surface area contributed by atoms with Crippen LogP contribution < -0.4 is 19.1 Å². The Morgan fingerprint density at radius 1 is 1.10 bits per heavy atom. The number of para-hydroxylation sites is 2. The van der Waals surface area contributed by atoms with Gasteiger partial charge in [-0.15, -0.1) is 0 Å². The van der Waals surface area contributed by atoms with Gasteiger partial charge in [0.1, 0.15) is 5.75 Å². The Labute approximate surface area is 182 Å². The number of anilines is 1. The molecule has 2 aromatic carbocycles. The van der Waals surface area contributed by atoms with Gasteiger partial charge in [0.2, 0.25) is 5.91 Å². The van der Waals surface area contributed by atoms with Crippen molar-refractivity contribution in [2.45, 2.75) is 19.8 Å². The van der Waals surface area contributed by atoms with Crippen molar-refractivity contribution in [3.63, 3.8) is 0 Å². The fraction of sp³-hybridized carbons (Fsp3) is 0.435. The molecule has 0 bridgehead atoms. The molecule has 0 spiro atoms. The molecule has 1 fully saturated rings. The van der Waals surface area contributed by atoms with E-state index in [0.29, 0.717) is 55.9 Å². The van der Waals surface area contributed by atoms with E-state index in [1.807, 2.05) is 42.2 Å². The van der Waals surface area contributed by atoms with Crippen molar-refractivity contribution in [1.29, 1.82) is 0 Å². The first-order valence-corrected chi connectivity index (χ1v) is 10.9. The molecule has 160 valence electrons. The number of amides is 1. The highest BCUT2D eigenvalue weighted by Gasteiger charge is 2.24. The van der Waals surface area contributed by atoms with Gasteiger partial charge in [-0.3, -0.25) is 4.79 Å². The number of carbonyl (C=O) groups is 1. The Kier molecular flexibility index (Phi) is 6.53. The molecule has 0 radical (unpaired) electrons. The monoisotopic (exact) mass is 430 g/mol. The van der Waals surface area contributed by atoms with E-state index in [2.05, 4.69) is 11.0 Å². The van der Waals surface area contributed by atoms with E-state index >= 15 is 0 Å². The van der Waals surface area contributed by atoms with Crippen LogP contribution in [0.5, 0.6) is 17.2 Å². The third kappa shape index (κ3) is 4.59. The zero-order valence-corrected chi connectivity index (χ0v) is 18.0. The fourth-order valence-electron chi connectivity index (χ4n) is 3.87. The van der Waals surface area contributed by atoms with Crippen LogP contribution in [0.15, 0.2) is 36.4 Å². The molecule has 1 saturated heterocycles. The number of halogens is 1. The number of carbonyl (C=O) groups excluding carboxylic acids is 1. The van der Waals surface area contributed by atoms with E-state index < -0.39 is 0 Å². The predicted octanol–water partition coefficient (Wildman–Crippen LogP) is 3.79. The third-order valence-corrected chi connectivity index (χ3v) is 5.64. The molecule has 30 heavy (non-hydrogen) atoms. The summed E-state index contributed by atoms with van der Waals surface area (Å²) < 4.78 is 17.2. The lowest BCUT2D eigenvalue weighted by Crippen LogP contribution is -2.49. The van der Waals surface area contributed by atoms with Crippen LogP contribution in [-0.2, 0) is 11.2 Å². The van der Waals surface area contributed by atoms with E-state index in [9.17, 15) is 4.79 Å². The number of nitrogens with zero attached hydrogens (tertiary/aromatic N) is 2. The molecule has 2 heterocycles. The summed E-state index contributed by atoms with van der Waals surface area (Å²) in [7, 11) is 0. The SMILES string of the molecule is CCOc1ccccc1N1CCN(C(=O)Cc2cc(Cl)c3c(c2)OCCCO3)CC1. The van der Waals surface area contributed by atoms with E-state index in [1.54, 1.807) is 0 Å². The van der Waals surface area contributed by atoms with Gasteiger partial charge in [-0.05, 0) is 36.8 Å². The normalized spacial score (nSPS) is 16.2. The zero-order chi connectivity index (χ0) is 20.9. The molecule has 4 rings (SSSR count). The van der Waals surface area contributed by atoms with Crippen molar-refractivity contribution in [2.75, 3.05) is 50.9 Å². The molecule has 0 N–H and O–H groups in total. The maximum atomic E-state index is 12.9. The smallest absolute Gasteiger partial charge is 0.227 e. The summed E-state index contributed by atoms with van der Waals surface area (Å²) in [4.78, 5) is 17.1. The number of fused-ring (bicyclic) bond motifs is 1. The van der Waals surface area contributed by atoms with Gasteiger partial charge in [-0.25, -0.2) is 0 Å². The van der Waals surface area contributed by atoms with Crippen molar-refractivity contribution >= 4 is 23.2 Å². The van der Waals surface area contributed by atoms with Gasteiger partial charge in [0.15, 0.2) is 11.5 Å². The second-order valence-corrected chi connectivity index (χ2v) is 7.81. The summed E-state index contributed by atoms with van der Waals surface area (Å²) in [6.45, 7) is 6.70. The largest absolute Gasteiger partial charge is 0.492 e. The van der Waals surface area contributed by atoms with Gasteiger partial charge in [-0.2, -0.15) is 0 Å². The second-order valence-electron chi connectivity index (χ2n) is 7.40. The van der Waals surface area contributed by atoms with Crippen molar-refractivity contribution in [1.82, 2.24) is 4.90 Å². The van der Waals surface area contributed by atoms with Crippen LogP contribution in [0.4, 0.5) is 5.69 Å². The van der Waals surface area contributed by atoms with E-state index in [-0.39, 0.29) is 5.91 Å². The van der Waals surface area contributed by atoms with Crippen LogP contribution in [0.3, 0.4) is 0 Å². The van der Waals surface area contributed by atoms with E-state index in [4.69, 9.17) is 25.8 Å². The minimum atomic E-state index is 0.0956. The van der Waals surface area contributed by atoms with Gasteiger partial charge in [0.25, 0.3) is 0 Å². The van der Waals surface area contributed by atoms with Crippen molar-refractivity contribution in [3.05, 3.63) is 47.0 Å². The van der Waals surface area contributed by atoms with Crippen LogP contribution >= 0.6 is 11.6 Å². The Balaban J connectivity index is 1.38. The van der Waals surface area contributed by atoms with Crippen LogP contribution in [0, 0.1) is 0 Å². The van der Waals surface area contributed by atoms with E-state index in [0.717, 1.165) is 36.5 Å². The molecular formula is C23H27ClN2O4. The molecular weight excluding hydrogens is 404 g/mol. The molecule has 2 aliphatic heterocycles. The minimum Gasteiger partial charge on any atom is -0.492 e. The number of piperazine rings is 1. The number of benzene rings is 2. The van der Waals surface area contributed by atoms with Gasteiger partial charge >= 0.3 is 0 Å². The lowest BCUT2D eigenvalue weighted by Gasteiger charge is -2.36. The standard InChI is InChI=1S/C23H27ClN2O4/c1-2-28-20-7-4-3-6-19(20)25-8-10-26(11-9-25)22(27)16-17-14-18(24)23-21(15-17)29-12-5-13-30-23/h3-4,6-7,14-15H,2,5,8-13,16H2,1H3. The zero-order valence-electron chi connectivity index (χ0n) is 17.2. The summed E-state index contributed by atoms with van der Waals surface area (Å²) in [5.74, 6) is 2.19. The van der Waals surface area contributed by atoms with Crippen molar-refractivity contribution < 1.29 is 19.0 Å². The summed E-state index contributed by atoms with van der Waals surface area (Å²) in [5, 5.41) is 0.495. The topological polar surface area (TPSA) is 51.2 Å². The second kappa shape index (κ2) is 9.47. The van der Waals surface area contributed by atoms with Crippen LogP contribution in [-0.4, -0.2) is 56.8 Å². The molecule has 0 saturated carbocycles. The van der Waals surface area contributed by atoms with Gasteiger partial charge in [0, 0.05) is 32.6 Å². The molecule has 1 amide bonds. The lowest BCUT2D eigenvalue weighted by molar-refractivity contribution is -0.130. The Hall–Kier alpha value is -2.60. The van der Waals surface area contributed by atoms with Crippen LogP contribution in [0.1, 0.15) is 18.9 Å². The molecule has 0 unspecified atom stereocenters. The maximum Gasteiger partial charge on any atom is 0.227 e. The van der Waals surface area contributed by atoms with Crippen LogP contribution in [0.2, 0.25) is 5.02 Å². The third-order valence-electron chi connectivity index (χ3n) is 5.36. The average Bonchev–Trinajstić information content (AvgIpc) is 3.00. The lowest BCUT2D eigenvalue weighted by atomic mass is 10.1. The van der Waals surface area contributed by atoms with Crippen molar-refractivity contribution in [3.8, 4) is 17.2 Å². The Bertz CT molecular complexity index is 897. The number of ether oxygens (including phenoxy) is 3. The van der Waals surface area contributed by atoms with E-state index in [1.165, 1.54) is 0 Å². The number of hydrogen-bond donors (Lipinski definition) is 0. The first kappa shape index (κ1) is 20.7. The highest BCUT2D eigenvalue weighted by molar-refractivity contribution is 6.32. The quantitative estimate of drug-likeness (QED) is 0.722. The van der Waals surface area contributed by atoms with Crippen molar-refractivity contribution in [2.24, 2.45) is 0 Å². The summed E-state index contributed by atoms with van der Waals surface area (Å²) in [5.41, 5.74) is 1.93. The first-order chi connectivity index (χ1) is 14.7. The van der Waals surface area contributed by atoms with Gasteiger partial charge < -0.3 is 24.0 Å². The summed E-state index contributed by atoms with van der Waals surface area (Å²) >= 11 is 6.37. The highest BCUT2D eigenvalue weighted by Crippen LogP contribution is 2.38. The number of hydrogen-bond acceptors (Lipinski definition) is 5. The molecule has 2 aromatic rings. The molecule has 0 aromatic heterocycles. The van der Waals surface area contributed by atoms with Crippen LogP contribution in [0.25, 0.3) is 0 Å². The predicted molar refractivity (Wildman–Crippen MR) is 117 cm³/mol. The highest BCUT2D eigenvalue weighted by atomic mass is 35.5. The fourth-order valence-corrected chi connectivity index (χ4v) is 4.15. The Morgan fingerprint density at radius 2 is 1.87 bits per heavy atom. The number of rotatable bonds is 5. The Morgan fingerprint density at radius 3 is 2.67 bits per heavy atom. The maximum absolute atomic E-state index is 12.9. The molecule has 0 atom stereocenters. The first-order valence-electron chi connectivity index (χ1n) is 10.5. The van der Waals surface area contributed by atoms with Gasteiger partial charge in [-0.1, -0.05) is 23.7 Å². The summed E-state index contributed by atoms with van der Waals surface area (Å²) in [6, 6.07) is 11.7. The molecule has 6 nitrogen and oxygen atoms in total. The molecule has 0 aliphatic carbocycles. The van der Waals surface area contributed by atoms with Gasteiger partial charge in [0.05, 0.1) is 37.0 Å². The average molecular weight is 431 g/mol.